The number of benzene rings is 1. The van der Waals surface area contributed by atoms with E-state index in [9.17, 15) is 0 Å². The van der Waals surface area contributed by atoms with Crippen LogP contribution in [0.15, 0.2) is 29.2 Å². The van der Waals surface area contributed by atoms with Gasteiger partial charge in [-0.1, -0.05) is 31.0 Å². The molecule has 0 aromatic heterocycles. The SMILES string of the molecule is N#CCN(CC1Cc2ccccc2S1)C1CCCC1. The molecule has 100 valence electrons. The lowest BCUT2D eigenvalue weighted by Gasteiger charge is -2.28. The number of hydrogen-bond donors (Lipinski definition) is 0. The van der Waals surface area contributed by atoms with Gasteiger partial charge in [-0.05, 0) is 30.9 Å². The summed E-state index contributed by atoms with van der Waals surface area (Å²) < 4.78 is 0. The van der Waals surface area contributed by atoms with Crippen LogP contribution < -0.4 is 0 Å². The van der Waals surface area contributed by atoms with Crippen LogP contribution in [0.3, 0.4) is 0 Å². The van der Waals surface area contributed by atoms with E-state index in [4.69, 9.17) is 5.26 Å². The second-order valence-corrected chi connectivity index (χ2v) is 6.92. The average Bonchev–Trinajstić information content (AvgIpc) is 3.07. The van der Waals surface area contributed by atoms with Crippen molar-refractivity contribution in [3.8, 4) is 6.07 Å². The number of rotatable bonds is 4. The van der Waals surface area contributed by atoms with Gasteiger partial charge in [-0.3, -0.25) is 4.90 Å². The maximum atomic E-state index is 9.05. The Morgan fingerprint density at radius 2 is 2.05 bits per heavy atom. The number of nitriles is 1. The molecule has 19 heavy (non-hydrogen) atoms. The number of fused-ring (bicyclic) bond motifs is 1. The van der Waals surface area contributed by atoms with E-state index in [1.54, 1.807) is 0 Å². The highest BCUT2D eigenvalue weighted by Gasteiger charge is 2.28. The fourth-order valence-corrected chi connectivity index (χ4v) is 4.67. The molecule has 1 atom stereocenters. The van der Waals surface area contributed by atoms with Gasteiger partial charge in [0.05, 0.1) is 12.6 Å². The Bertz CT molecular complexity index is 449. The molecule has 2 aliphatic rings. The lowest BCUT2D eigenvalue weighted by Crippen LogP contribution is -2.38. The molecule has 0 N–H and O–H groups in total. The van der Waals surface area contributed by atoms with Crippen molar-refractivity contribution in [2.75, 3.05) is 13.1 Å². The third kappa shape index (κ3) is 2.96. The van der Waals surface area contributed by atoms with E-state index in [1.807, 2.05) is 11.8 Å². The third-order valence-corrected chi connectivity index (χ3v) is 5.57. The fourth-order valence-electron chi connectivity index (χ4n) is 3.32. The first kappa shape index (κ1) is 13.0. The van der Waals surface area contributed by atoms with Crippen molar-refractivity contribution < 1.29 is 0 Å². The van der Waals surface area contributed by atoms with Crippen molar-refractivity contribution in [1.29, 1.82) is 5.26 Å². The molecule has 0 radical (unpaired) electrons. The van der Waals surface area contributed by atoms with Gasteiger partial charge in [0.25, 0.3) is 0 Å². The molecule has 1 aliphatic heterocycles. The van der Waals surface area contributed by atoms with Gasteiger partial charge in [-0.25, -0.2) is 0 Å². The van der Waals surface area contributed by atoms with E-state index in [0.717, 1.165) is 13.0 Å². The van der Waals surface area contributed by atoms with Crippen molar-refractivity contribution in [3.05, 3.63) is 29.8 Å². The van der Waals surface area contributed by atoms with Gasteiger partial charge in [-0.15, -0.1) is 11.8 Å². The van der Waals surface area contributed by atoms with E-state index in [2.05, 4.69) is 35.2 Å². The summed E-state index contributed by atoms with van der Waals surface area (Å²) in [6, 6.07) is 11.7. The molecule has 0 saturated heterocycles. The predicted octanol–water partition coefficient (Wildman–Crippen LogP) is 3.47. The van der Waals surface area contributed by atoms with Gasteiger partial charge in [0.2, 0.25) is 0 Å². The summed E-state index contributed by atoms with van der Waals surface area (Å²) in [6.45, 7) is 1.66. The molecular weight excluding hydrogens is 252 g/mol. The molecule has 2 nitrogen and oxygen atoms in total. The highest BCUT2D eigenvalue weighted by molar-refractivity contribution is 8.00. The molecule has 1 unspecified atom stereocenters. The molecule has 0 spiro atoms. The van der Waals surface area contributed by atoms with E-state index in [-0.39, 0.29) is 0 Å². The highest BCUT2D eigenvalue weighted by atomic mass is 32.2. The number of hydrogen-bond acceptors (Lipinski definition) is 3. The maximum Gasteiger partial charge on any atom is 0.0868 e. The second kappa shape index (κ2) is 5.98. The molecule has 0 amide bonds. The van der Waals surface area contributed by atoms with Crippen molar-refractivity contribution in [2.24, 2.45) is 0 Å². The summed E-state index contributed by atoms with van der Waals surface area (Å²) in [4.78, 5) is 3.87. The van der Waals surface area contributed by atoms with Crippen molar-refractivity contribution >= 4 is 11.8 Å². The van der Waals surface area contributed by atoms with E-state index >= 15 is 0 Å². The van der Waals surface area contributed by atoms with Gasteiger partial charge in [0, 0.05) is 22.7 Å². The Balaban J connectivity index is 1.63. The highest BCUT2D eigenvalue weighted by Crippen LogP contribution is 2.37. The summed E-state index contributed by atoms with van der Waals surface area (Å²) >= 11 is 2.00. The van der Waals surface area contributed by atoms with Crippen LogP contribution in [0.1, 0.15) is 31.2 Å². The van der Waals surface area contributed by atoms with E-state index in [1.165, 1.54) is 36.1 Å². The first-order valence-corrected chi connectivity index (χ1v) is 8.10. The lowest BCUT2D eigenvalue weighted by molar-refractivity contribution is 0.223. The van der Waals surface area contributed by atoms with Crippen LogP contribution in [0.5, 0.6) is 0 Å². The Morgan fingerprint density at radius 3 is 2.79 bits per heavy atom. The average molecular weight is 272 g/mol. The summed E-state index contributed by atoms with van der Waals surface area (Å²) in [5.74, 6) is 0. The van der Waals surface area contributed by atoms with Crippen LogP contribution in [0.25, 0.3) is 0 Å². The van der Waals surface area contributed by atoms with Crippen LogP contribution in [-0.2, 0) is 6.42 Å². The summed E-state index contributed by atoms with van der Waals surface area (Å²) in [6.07, 6.45) is 6.41. The molecule has 1 saturated carbocycles. The molecular formula is C16H20N2S. The minimum absolute atomic E-state index is 0.595. The van der Waals surface area contributed by atoms with E-state index < -0.39 is 0 Å². The topological polar surface area (TPSA) is 27.0 Å². The zero-order valence-electron chi connectivity index (χ0n) is 11.2. The summed E-state index contributed by atoms with van der Waals surface area (Å²) in [5, 5.41) is 9.68. The van der Waals surface area contributed by atoms with Gasteiger partial charge in [0.1, 0.15) is 0 Å². The lowest BCUT2D eigenvalue weighted by atomic mass is 10.1. The smallest absolute Gasteiger partial charge is 0.0868 e. The first-order valence-electron chi connectivity index (χ1n) is 7.22. The maximum absolute atomic E-state index is 9.05. The van der Waals surface area contributed by atoms with Crippen LogP contribution >= 0.6 is 11.8 Å². The number of thioether (sulfide) groups is 1. The monoisotopic (exact) mass is 272 g/mol. The zero-order chi connectivity index (χ0) is 13.1. The normalized spacial score (nSPS) is 22.6. The molecule has 1 heterocycles. The number of nitrogens with zero attached hydrogens (tertiary/aromatic N) is 2. The van der Waals surface area contributed by atoms with Crippen LogP contribution in [0.4, 0.5) is 0 Å². The fraction of sp³-hybridized carbons (Fsp3) is 0.562. The molecule has 1 aliphatic carbocycles. The Labute approximate surface area is 119 Å². The molecule has 1 aromatic rings. The largest absolute Gasteiger partial charge is 0.286 e. The molecule has 3 heteroatoms. The Kier molecular flexibility index (Phi) is 4.10. The first-order chi connectivity index (χ1) is 9.36. The van der Waals surface area contributed by atoms with Gasteiger partial charge in [-0.2, -0.15) is 5.26 Å². The van der Waals surface area contributed by atoms with Gasteiger partial charge >= 0.3 is 0 Å². The summed E-state index contributed by atoms with van der Waals surface area (Å²) in [5.41, 5.74) is 1.49. The van der Waals surface area contributed by atoms with Gasteiger partial charge < -0.3 is 0 Å². The standard InChI is InChI=1S/C16H20N2S/c17-9-10-18(14-6-2-3-7-14)12-15-11-13-5-1-4-8-16(13)19-15/h1,4-5,8,14-15H,2-3,6-7,10-12H2. The quantitative estimate of drug-likeness (QED) is 0.785. The van der Waals surface area contributed by atoms with Crippen molar-refractivity contribution in [1.82, 2.24) is 4.90 Å². The Morgan fingerprint density at radius 1 is 1.26 bits per heavy atom. The third-order valence-electron chi connectivity index (χ3n) is 4.27. The van der Waals surface area contributed by atoms with Crippen LogP contribution in [0, 0.1) is 11.3 Å². The minimum atomic E-state index is 0.595. The van der Waals surface area contributed by atoms with Crippen molar-refractivity contribution in [2.45, 2.75) is 48.3 Å². The molecule has 3 rings (SSSR count). The molecule has 1 aromatic carbocycles. The zero-order valence-corrected chi connectivity index (χ0v) is 12.0. The van der Waals surface area contributed by atoms with Gasteiger partial charge in [0.15, 0.2) is 0 Å². The Hall–Kier alpha value is -0.980. The van der Waals surface area contributed by atoms with E-state index in [0.29, 0.717) is 17.8 Å². The predicted molar refractivity (Wildman–Crippen MR) is 79.2 cm³/mol. The minimum Gasteiger partial charge on any atom is -0.286 e. The second-order valence-electron chi connectivity index (χ2n) is 5.58. The van der Waals surface area contributed by atoms with Crippen molar-refractivity contribution in [3.63, 3.8) is 0 Å². The molecule has 0 bridgehead atoms. The molecule has 1 fully saturated rings. The van der Waals surface area contributed by atoms with Crippen LogP contribution in [0.2, 0.25) is 0 Å². The summed E-state index contributed by atoms with van der Waals surface area (Å²) in [7, 11) is 0. The van der Waals surface area contributed by atoms with Crippen LogP contribution in [-0.4, -0.2) is 29.3 Å².